The number of hydrogen-bond donors (Lipinski definition) is 1. The molecule has 27 heavy (non-hydrogen) atoms. The van der Waals surface area contributed by atoms with Gasteiger partial charge in [-0.25, -0.2) is 13.4 Å². The van der Waals surface area contributed by atoms with E-state index < -0.39 is 9.84 Å². The number of aromatic nitrogens is 2. The Bertz CT molecular complexity index is 1130. The van der Waals surface area contributed by atoms with E-state index in [9.17, 15) is 8.42 Å². The number of aryl methyl sites for hydroxylation is 2. The number of ether oxygens (including phenoxy) is 1. The van der Waals surface area contributed by atoms with E-state index in [1.807, 2.05) is 36.7 Å². The number of rotatable bonds is 5. The number of nitrogens with zero attached hydrogens (tertiary/aromatic N) is 2. The molecule has 0 bridgehead atoms. The molecular weight excluding hydrogens is 382 g/mol. The number of para-hydroxylation sites is 1. The Kier molecular flexibility index (Phi) is 5.21. The van der Waals surface area contributed by atoms with E-state index in [1.165, 1.54) is 12.3 Å². The second-order valence-corrected chi connectivity index (χ2v) is 8.87. The molecule has 1 heterocycles. The predicted octanol–water partition coefficient (Wildman–Crippen LogP) is 3.28. The summed E-state index contributed by atoms with van der Waals surface area (Å²) in [6, 6.07) is 10.6. The fraction of sp³-hybridized carbons (Fsp3) is 0.263. The highest BCUT2D eigenvalue weighted by Crippen LogP contribution is 2.26. The minimum Gasteiger partial charge on any atom is -0.496 e. The van der Waals surface area contributed by atoms with E-state index >= 15 is 0 Å². The lowest BCUT2D eigenvalue weighted by molar-refractivity contribution is 0.410. The molecule has 0 amide bonds. The number of benzene rings is 2. The van der Waals surface area contributed by atoms with Crippen LogP contribution in [0.1, 0.15) is 11.4 Å². The van der Waals surface area contributed by atoms with Gasteiger partial charge in [0.25, 0.3) is 0 Å². The molecule has 3 rings (SSSR count). The van der Waals surface area contributed by atoms with Crippen LogP contribution in [-0.4, -0.2) is 36.3 Å². The van der Waals surface area contributed by atoms with Gasteiger partial charge in [0.05, 0.1) is 33.7 Å². The van der Waals surface area contributed by atoms with Gasteiger partial charge in [0.15, 0.2) is 9.84 Å². The quantitative estimate of drug-likeness (QED) is 0.659. The van der Waals surface area contributed by atoms with Crippen LogP contribution in [0.3, 0.4) is 0 Å². The molecular formula is C19H21N3O3S2. The van der Waals surface area contributed by atoms with Gasteiger partial charge < -0.3 is 14.6 Å². The molecule has 142 valence electrons. The van der Waals surface area contributed by atoms with Gasteiger partial charge in [-0.15, -0.1) is 0 Å². The van der Waals surface area contributed by atoms with Crippen molar-refractivity contribution < 1.29 is 13.2 Å². The van der Waals surface area contributed by atoms with Gasteiger partial charge in [-0.3, -0.25) is 0 Å². The molecule has 0 radical (unpaired) electrons. The molecule has 0 aliphatic carbocycles. The normalized spacial score (nSPS) is 11.6. The molecule has 0 aliphatic rings. The summed E-state index contributed by atoms with van der Waals surface area (Å²) < 4.78 is 31.1. The first-order valence-corrected chi connectivity index (χ1v) is 10.6. The average molecular weight is 404 g/mol. The van der Waals surface area contributed by atoms with Crippen LogP contribution in [-0.2, 0) is 23.3 Å². The van der Waals surface area contributed by atoms with Gasteiger partial charge in [0.1, 0.15) is 11.6 Å². The van der Waals surface area contributed by atoms with Crippen LogP contribution in [0.5, 0.6) is 5.75 Å². The SMILES string of the molecule is COc1ccc(S(C)(=O)=O)cc1CC(=S)Nc1cccc2nc(C)n(C)c12. The highest BCUT2D eigenvalue weighted by atomic mass is 32.2. The Hall–Kier alpha value is -2.45. The van der Waals surface area contributed by atoms with Crippen molar-refractivity contribution in [1.29, 1.82) is 0 Å². The summed E-state index contributed by atoms with van der Waals surface area (Å²) in [4.78, 5) is 5.33. The summed E-state index contributed by atoms with van der Waals surface area (Å²) in [5.74, 6) is 1.51. The summed E-state index contributed by atoms with van der Waals surface area (Å²) in [6.07, 6.45) is 1.54. The molecule has 1 aromatic heterocycles. The largest absolute Gasteiger partial charge is 0.496 e. The summed E-state index contributed by atoms with van der Waals surface area (Å²) >= 11 is 5.53. The number of thiocarbonyl (C=S) groups is 1. The molecule has 0 unspecified atom stereocenters. The maximum atomic E-state index is 11.8. The van der Waals surface area contributed by atoms with E-state index in [-0.39, 0.29) is 4.90 Å². The van der Waals surface area contributed by atoms with Crippen molar-refractivity contribution in [2.75, 3.05) is 18.7 Å². The lowest BCUT2D eigenvalue weighted by atomic mass is 10.1. The first-order valence-electron chi connectivity index (χ1n) is 8.29. The molecule has 0 saturated heterocycles. The summed E-state index contributed by atoms with van der Waals surface area (Å²) in [7, 11) is 0.199. The fourth-order valence-corrected chi connectivity index (χ4v) is 3.91. The zero-order valence-electron chi connectivity index (χ0n) is 15.6. The number of methoxy groups -OCH3 is 1. The van der Waals surface area contributed by atoms with E-state index in [2.05, 4.69) is 10.3 Å². The van der Waals surface area contributed by atoms with Crippen LogP contribution >= 0.6 is 12.2 Å². The van der Waals surface area contributed by atoms with Crippen molar-refractivity contribution in [3.05, 3.63) is 47.8 Å². The lowest BCUT2D eigenvalue weighted by Gasteiger charge is -2.13. The molecule has 0 aliphatic heterocycles. The van der Waals surface area contributed by atoms with Crippen LogP contribution in [0.2, 0.25) is 0 Å². The minimum atomic E-state index is -3.31. The molecule has 0 saturated carbocycles. The van der Waals surface area contributed by atoms with Crippen molar-refractivity contribution >= 4 is 43.8 Å². The molecule has 6 nitrogen and oxygen atoms in total. The van der Waals surface area contributed by atoms with E-state index in [1.54, 1.807) is 19.2 Å². The van der Waals surface area contributed by atoms with E-state index in [0.29, 0.717) is 22.7 Å². The first-order chi connectivity index (χ1) is 12.7. The van der Waals surface area contributed by atoms with Crippen LogP contribution in [0, 0.1) is 6.92 Å². The number of anilines is 1. The summed E-state index contributed by atoms with van der Waals surface area (Å²) in [5.41, 5.74) is 3.43. The van der Waals surface area contributed by atoms with Gasteiger partial charge >= 0.3 is 0 Å². The van der Waals surface area contributed by atoms with Crippen LogP contribution < -0.4 is 10.1 Å². The fourth-order valence-electron chi connectivity index (χ4n) is 2.98. The van der Waals surface area contributed by atoms with Crippen molar-refractivity contribution in [3.63, 3.8) is 0 Å². The maximum Gasteiger partial charge on any atom is 0.175 e. The average Bonchev–Trinajstić information content (AvgIpc) is 2.89. The Morgan fingerprint density at radius 1 is 1.30 bits per heavy atom. The van der Waals surface area contributed by atoms with Crippen LogP contribution in [0.4, 0.5) is 5.69 Å². The van der Waals surface area contributed by atoms with Gasteiger partial charge in [-0.2, -0.15) is 0 Å². The molecule has 8 heteroatoms. The molecule has 0 fully saturated rings. The standard InChI is InChI=1S/C19H21N3O3S2/c1-12-20-15-6-5-7-16(19(15)22(12)2)21-18(26)11-13-10-14(27(4,23)24)8-9-17(13)25-3/h5-10H,11H2,1-4H3,(H,21,26). The smallest absolute Gasteiger partial charge is 0.175 e. The van der Waals surface area contributed by atoms with Crippen LogP contribution in [0.15, 0.2) is 41.3 Å². The van der Waals surface area contributed by atoms with Crippen molar-refractivity contribution in [2.24, 2.45) is 7.05 Å². The van der Waals surface area contributed by atoms with E-state index in [0.717, 1.165) is 22.5 Å². The molecule has 0 spiro atoms. The van der Waals surface area contributed by atoms with Crippen molar-refractivity contribution in [1.82, 2.24) is 9.55 Å². The zero-order chi connectivity index (χ0) is 19.8. The Morgan fingerprint density at radius 2 is 2.04 bits per heavy atom. The Balaban J connectivity index is 1.91. The third-order valence-electron chi connectivity index (χ3n) is 4.42. The highest BCUT2D eigenvalue weighted by Gasteiger charge is 2.14. The maximum absolute atomic E-state index is 11.8. The predicted molar refractivity (Wildman–Crippen MR) is 111 cm³/mol. The number of imidazole rings is 1. The molecule has 0 atom stereocenters. The second-order valence-electron chi connectivity index (χ2n) is 6.36. The van der Waals surface area contributed by atoms with Gasteiger partial charge in [0, 0.05) is 25.3 Å². The molecule has 3 aromatic rings. The van der Waals surface area contributed by atoms with Gasteiger partial charge in [-0.05, 0) is 37.3 Å². The van der Waals surface area contributed by atoms with E-state index in [4.69, 9.17) is 17.0 Å². The van der Waals surface area contributed by atoms with Gasteiger partial charge in [-0.1, -0.05) is 18.3 Å². The summed E-state index contributed by atoms with van der Waals surface area (Å²) in [6.45, 7) is 1.95. The lowest BCUT2D eigenvalue weighted by Crippen LogP contribution is -2.14. The topological polar surface area (TPSA) is 73.2 Å². The Morgan fingerprint density at radius 3 is 2.70 bits per heavy atom. The number of sulfone groups is 1. The van der Waals surface area contributed by atoms with Crippen molar-refractivity contribution in [3.8, 4) is 5.75 Å². The van der Waals surface area contributed by atoms with Gasteiger partial charge in [0.2, 0.25) is 0 Å². The monoisotopic (exact) mass is 403 g/mol. The number of fused-ring (bicyclic) bond motifs is 1. The summed E-state index contributed by atoms with van der Waals surface area (Å²) in [5, 5.41) is 3.26. The zero-order valence-corrected chi connectivity index (χ0v) is 17.2. The number of nitrogens with one attached hydrogen (secondary N) is 1. The van der Waals surface area contributed by atoms with Crippen LogP contribution in [0.25, 0.3) is 11.0 Å². The second kappa shape index (κ2) is 7.28. The molecule has 1 N–H and O–H groups in total. The third-order valence-corrected chi connectivity index (χ3v) is 5.78. The third kappa shape index (κ3) is 3.96. The number of hydrogen-bond acceptors (Lipinski definition) is 5. The highest BCUT2D eigenvalue weighted by molar-refractivity contribution is 7.90. The Labute approximate surface area is 164 Å². The first kappa shape index (κ1) is 19.3. The minimum absolute atomic E-state index is 0.241. The molecule has 2 aromatic carbocycles. The van der Waals surface area contributed by atoms with Crippen molar-refractivity contribution in [2.45, 2.75) is 18.2 Å².